The van der Waals surface area contributed by atoms with Crippen LogP contribution < -0.4 is 15.0 Å². The molecule has 2 rings (SSSR count). The fourth-order valence-electron chi connectivity index (χ4n) is 2.61. The van der Waals surface area contributed by atoms with E-state index in [4.69, 9.17) is 4.74 Å². The van der Waals surface area contributed by atoms with Gasteiger partial charge in [-0.15, -0.1) is 0 Å². The minimum Gasteiger partial charge on any atom is -0.495 e. The Morgan fingerprint density at radius 3 is 2.50 bits per heavy atom. The summed E-state index contributed by atoms with van der Waals surface area (Å²) in [4.78, 5) is 13.0. The van der Waals surface area contributed by atoms with Crippen molar-refractivity contribution in [3.8, 4) is 5.75 Å². The van der Waals surface area contributed by atoms with Crippen LogP contribution in [0.3, 0.4) is 0 Å². The second-order valence-corrected chi connectivity index (χ2v) is 5.96. The molecule has 1 aromatic carbocycles. The molecule has 7 heteroatoms. The van der Waals surface area contributed by atoms with E-state index in [0.29, 0.717) is 15.9 Å². The second-order valence-electron chi connectivity index (χ2n) is 5.11. The van der Waals surface area contributed by atoms with Gasteiger partial charge in [0.25, 0.3) is 5.69 Å². The normalized spacial score (nSPS) is 22.7. The van der Waals surface area contributed by atoms with Crippen LogP contribution in [0.2, 0.25) is 0 Å². The average Bonchev–Trinajstić information content (AvgIpc) is 2.37. The van der Waals surface area contributed by atoms with Gasteiger partial charge in [0.15, 0.2) is 0 Å². The van der Waals surface area contributed by atoms with Gasteiger partial charge in [0.05, 0.1) is 16.5 Å². The third kappa shape index (κ3) is 3.04. The van der Waals surface area contributed by atoms with Crippen molar-refractivity contribution in [3.63, 3.8) is 0 Å². The molecule has 0 spiro atoms. The van der Waals surface area contributed by atoms with Gasteiger partial charge in [-0.3, -0.25) is 10.1 Å². The molecule has 0 aromatic heterocycles. The van der Waals surface area contributed by atoms with E-state index < -0.39 is 0 Å². The van der Waals surface area contributed by atoms with Crippen LogP contribution in [0.5, 0.6) is 5.75 Å². The molecular formula is C13H18BrN3O3. The first kappa shape index (κ1) is 15.1. The van der Waals surface area contributed by atoms with Crippen molar-refractivity contribution in [2.45, 2.75) is 25.9 Å². The Kier molecular flexibility index (Phi) is 4.49. The Bertz CT molecular complexity index is 514. The molecule has 1 N–H and O–H groups in total. The Morgan fingerprint density at radius 1 is 1.40 bits per heavy atom. The molecule has 0 saturated carbocycles. The summed E-state index contributed by atoms with van der Waals surface area (Å²) in [6.07, 6.45) is 0. The Morgan fingerprint density at radius 2 is 2.00 bits per heavy atom. The minimum absolute atomic E-state index is 0.0963. The van der Waals surface area contributed by atoms with Gasteiger partial charge in [-0.05, 0) is 29.8 Å². The number of nitro benzene ring substituents is 1. The van der Waals surface area contributed by atoms with Crippen LogP contribution >= 0.6 is 15.9 Å². The standard InChI is InChI=1S/C13H18BrN3O3/c1-8-6-16(7-9(2)15-8)11-5-13(20-3)10(14)4-12(11)17(18)19/h4-5,8-9,15H,6-7H2,1-3H3/t8-,9+. The van der Waals surface area contributed by atoms with E-state index in [1.54, 1.807) is 13.2 Å². The van der Waals surface area contributed by atoms with Gasteiger partial charge in [0.1, 0.15) is 11.4 Å². The van der Waals surface area contributed by atoms with Crippen molar-refractivity contribution >= 4 is 27.3 Å². The highest BCUT2D eigenvalue weighted by Crippen LogP contribution is 2.38. The molecule has 6 nitrogen and oxygen atoms in total. The lowest BCUT2D eigenvalue weighted by Gasteiger charge is -2.37. The molecule has 2 atom stereocenters. The van der Waals surface area contributed by atoms with Gasteiger partial charge < -0.3 is 15.0 Å². The number of ether oxygens (including phenoxy) is 1. The predicted molar refractivity (Wildman–Crippen MR) is 81.6 cm³/mol. The SMILES string of the molecule is COc1cc(N2C[C@@H](C)N[C@@H](C)C2)c([N+](=O)[O-])cc1Br. The molecule has 0 amide bonds. The molecule has 110 valence electrons. The lowest BCUT2D eigenvalue weighted by Crippen LogP contribution is -2.54. The average molecular weight is 344 g/mol. The Balaban J connectivity index is 2.45. The number of rotatable bonds is 3. The number of piperazine rings is 1. The van der Waals surface area contributed by atoms with Gasteiger partial charge >= 0.3 is 0 Å². The van der Waals surface area contributed by atoms with Gasteiger partial charge in [-0.25, -0.2) is 0 Å². The number of benzene rings is 1. The van der Waals surface area contributed by atoms with Gasteiger partial charge in [-0.1, -0.05) is 0 Å². The van der Waals surface area contributed by atoms with E-state index in [0.717, 1.165) is 13.1 Å². The first-order chi connectivity index (χ1) is 9.42. The van der Waals surface area contributed by atoms with Crippen molar-refractivity contribution < 1.29 is 9.66 Å². The number of anilines is 1. The number of halogens is 1. The first-order valence-corrected chi connectivity index (χ1v) is 7.24. The number of nitrogens with one attached hydrogen (secondary N) is 1. The van der Waals surface area contributed by atoms with E-state index in [1.807, 2.05) is 4.90 Å². The summed E-state index contributed by atoms with van der Waals surface area (Å²) in [7, 11) is 1.55. The maximum Gasteiger partial charge on any atom is 0.293 e. The van der Waals surface area contributed by atoms with Crippen LogP contribution in [-0.4, -0.2) is 37.2 Å². The molecule has 1 saturated heterocycles. The van der Waals surface area contributed by atoms with Crippen molar-refractivity contribution in [1.29, 1.82) is 0 Å². The number of methoxy groups -OCH3 is 1. The van der Waals surface area contributed by atoms with E-state index in [1.165, 1.54) is 6.07 Å². The topological polar surface area (TPSA) is 67.6 Å². The first-order valence-electron chi connectivity index (χ1n) is 6.45. The smallest absolute Gasteiger partial charge is 0.293 e. The van der Waals surface area contributed by atoms with Crippen LogP contribution in [0.25, 0.3) is 0 Å². The van der Waals surface area contributed by atoms with Gasteiger partial charge in [0.2, 0.25) is 0 Å². The highest BCUT2D eigenvalue weighted by Gasteiger charge is 2.28. The van der Waals surface area contributed by atoms with Gasteiger partial charge in [0, 0.05) is 37.3 Å². The molecule has 1 fully saturated rings. The number of nitrogens with zero attached hydrogens (tertiary/aromatic N) is 2. The van der Waals surface area contributed by atoms with Crippen LogP contribution in [0.1, 0.15) is 13.8 Å². The zero-order chi connectivity index (χ0) is 14.9. The zero-order valence-corrected chi connectivity index (χ0v) is 13.3. The summed E-state index contributed by atoms with van der Waals surface area (Å²) >= 11 is 3.30. The van der Waals surface area contributed by atoms with E-state index in [9.17, 15) is 10.1 Å². The summed E-state index contributed by atoms with van der Waals surface area (Å²) in [5.74, 6) is 0.601. The quantitative estimate of drug-likeness (QED) is 0.674. The molecule has 1 aliphatic rings. The van der Waals surface area contributed by atoms with E-state index >= 15 is 0 Å². The third-order valence-corrected chi connectivity index (χ3v) is 3.96. The Labute approximate surface area is 126 Å². The van der Waals surface area contributed by atoms with Crippen LogP contribution in [0.4, 0.5) is 11.4 Å². The van der Waals surface area contributed by atoms with Crippen molar-refractivity contribution in [2.75, 3.05) is 25.1 Å². The summed E-state index contributed by atoms with van der Waals surface area (Å²) in [6, 6.07) is 3.80. The van der Waals surface area contributed by atoms with Gasteiger partial charge in [-0.2, -0.15) is 0 Å². The third-order valence-electron chi connectivity index (χ3n) is 3.34. The lowest BCUT2D eigenvalue weighted by atomic mass is 10.1. The van der Waals surface area contributed by atoms with Crippen molar-refractivity contribution in [2.24, 2.45) is 0 Å². The maximum absolute atomic E-state index is 11.3. The highest BCUT2D eigenvalue weighted by molar-refractivity contribution is 9.10. The number of nitro groups is 1. The molecule has 0 radical (unpaired) electrons. The molecule has 1 aromatic rings. The Hall–Kier alpha value is -1.34. The molecule has 0 aliphatic carbocycles. The van der Waals surface area contributed by atoms with E-state index in [2.05, 4.69) is 35.1 Å². The largest absolute Gasteiger partial charge is 0.495 e. The monoisotopic (exact) mass is 343 g/mol. The van der Waals surface area contributed by atoms with E-state index in [-0.39, 0.29) is 22.7 Å². The molecule has 0 bridgehead atoms. The second kappa shape index (κ2) is 5.97. The summed E-state index contributed by atoms with van der Waals surface area (Å²) in [5, 5.41) is 14.7. The predicted octanol–water partition coefficient (Wildman–Crippen LogP) is 2.55. The highest BCUT2D eigenvalue weighted by atomic mass is 79.9. The van der Waals surface area contributed by atoms with Crippen LogP contribution in [0.15, 0.2) is 16.6 Å². The summed E-state index contributed by atoms with van der Waals surface area (Å²) < 4.78 is 5.84. The zero-order valence-electron chi connectivity index (χ0n) is 11.7. The molecule has 0 unspecified atom stereocenters. The molecule has 20 heavy (non-hydrogen) atoms. The van der Waals surface area contributed by atoms with Crippen molar-refractivity contribution in [1.82, 2.24) is 5.32 Å². The van der Waals surface area contributed by atoms with Crippen LogP contribution in [0, 0.1) is 10.1 Å². The fourth-order valence-corrected chi connectivity index (χ4v) is 3.10. The molecular weight excluding hydrogens is 326 g/mol. The molecule has 1 heterocycles. The number of hydrogen-bond acceptors (Lipinski definition) is 5. The lowest BCUT2D eigenvalue weighted by molar-refractivity contribution is -0.384. The van der Waals surface area contributed by atoms with Crippen molar-refractivity contribution in [3.05, 3.63) is 26.7 Å². The number of hydrogen-bond donors (Lipinski definition) is 1. The fraction of sp³-hybridized carbons (Fsp3) is 0.538. The van der Waals surface area contributed by atoms with Crippen LogP contribution in [-0.2, 0) is 0 Å². The minimum atomic E-state index is -0.350. The maximum atomic E-state index is 11.3. The molecule has 1 aliphatic heterocycles. The summed E-state index contributed by atoms with van der Waals surface area (Å²) in [6.45, 7) is 5.61. The summed E-state index contributed by atoms with van der Waals surface area (Å²) in [5.41, 5.74) is 0.703.